The summed E-state index contributed by atoms with van der Waals surface area (Å²) in [6.45, 7) is 5.40. The van der Waals surface area contributed by atoms with E-state index >= 15 is 0 Å². The maximum atomic E-state index is 5.11. The first-order valence-corrected chi connectivity index (χ1v) is 10.5. The lowest BCUT2D eigenvalue weighted by atomic mass is 10.0. The first-order chi connectivity index (χ1) is 14.2. The Balaban J connectivity index is 1.56. The zero-order chi connectivity index (χ0) is 20.1. The molecule has 4 rings (SSSR count). The van der Waals surface area contributed by atoms with Gasteiger partial charge in [-0.25, -0.2) is 4.99 Å². The summed E-state index contributed by atoms with van der Waals surface area (Å²) in [6, 6.07) is 32.7. The fraction of sp³-hybridized carbons (Fsp3) is 0.269. The predicted molar refractivity (Wildman–Crippen MR) is 121 cm³/mol. The zero-order valence-electron chi connectivity index (χ0n) is 17.2. The van der Waals surface area contributed by atoms with Crippen LogP contribution in [0.2, 0.25) is 0 Å². The summed E-state index contributed by atoms with van der Waals surface area (Å²) in [7, 11) is 0. The smallest absolute Gasteiger partial charge is 0.195 e. The fourth-order valence-corrected chi connectivity index (χ4v) is 3.99. The molecule has 1 heterocycles. The number of hydrogen-bond acceptors (Lipinski definition) is 3. The van der Waals surface area contributed by atoms with Crippen LogP contribution in [-0.4, -0.2) is 23.4 Å². The SMILES string of the molecule is C[C@H](NC1=N[C@@H](Cc2ccccc2)CN1[C@@H](C)c1ccccc1)c1ccccc1. The van der Waals surface area contributed by atoms with Crippen molar-refractivity contribution >= 4 is 5.96 Å². The number of aliphatic imine (C=N–C) groups is 1. The third kappa shape index (κ3) is 4.68. The lowest BCUT2D eigenvalue weighted by Crippen LogP contribution is -2.41. The molecule has 0 aromatic heterocycles. The van der Waals surface area contributed by atoms with Gasteiger partial charge in [0.2, 0.25) is 0 Å². The van der Waals surface area contributed by atoms with Crippen molar-refractivity contribution in [1.29, 1.82) is 0 Å². The average Bonchev–Trinajstić information content (AvgIpc) is 3.17. The van der Waals surface area contributed by atoms with Gasteiger partial charge in [-0.2, -0.15) is 0 Å². The summed E-state index contributed by atoms with van der Waals surface area (Å²) in [6.07, 6.45) is 0.962. The van der Waals surface area contributed by atoms with E-state index in [0.717, 1.165) is 18.9 Å². The molecule has 0 fully saturated rings. The van der Waals surface area contributed by atoms with E-state index in [1.165, 1.54) is 16.7 Å². The number of nitrogens with one attached hydrogen (secondary N) is 1. The van der Waals surface area contributed by atoms with Gasteiger partial charge in [-0.1, -0.05) is 91.0 Å². The molecule has 0 saturated heterocycles. The van der Waals surface area contributed by atoms with Crippen molar-refractivity contribution in [3.05, 3.63) is 108 Å². The van der Waals surface area contributed by atoms with Gasteiger partial charge >= 0.3 is 0 Å². The molecule has 0 unspecified atom stereocenters. The Bertz CT molecular complexity index is 922. The monoisotopic (exact) mass is 383 g/mol. The van der Waals surface area contributed by atoms with Crippen molar-refractivity contribution in [1.82, 2.24) is 10.2 Å². The highest BCUT2D eigenvalue weighted by molar-refractivity contribution is 5.82. The summed E-state index contributed by atoms with van der Waals surface area (Å²) in [4.78, 5) is 7.53. The van der Waals surface area contributed by atoms with E-state index in [2.05, 4.69) is 115 Å². The van der Waals surface area contributed by atoms with Crippen molar-refractivity contribution in [3.63, 3.8) is 0 Å². The lowest BCUT2D eigenvalue weighted by molar-refractivity contribution is 0.332. The van der Waals surface area contributed by atoms with E-state index in [-0.39, 0.29) is 18.1 Å². The van der Waals surface area contributed by atoms with Crippen LogP contribution in [0.1, 0.15) is 42.6 Å². The maximum Gasteiger partial charge on any atom is 0.195 e. The fourth-order valence-electron chi connectivity index (χ4n) is 3.99. The van der Waals surface area contributed by atoms with Crippen LogP contribution in [-0.2, 0) is 6.42 Å². The quantitative estimate of drug-likeness (QED) is 0.619. The minimum absolute atomic E-state index is 0.205. The topological polar surface area (TPSA) is 27.6 Å². The van der Waals surface area contributed by atoms with Crippen LogP contribution in [0.3, 0.4) is 0 Å². The number of nitrogens with zero attached hydrogens (tertiary/aromatic N) is 2. The van der Waals surface area contributed by atoms with Crippen molar-refractivity contribution in [3.8, 4) is 0 Å². The number of rotatable bonds is 6. The minimum atomic E-state index is 0.205. The molecule has 3 nitrogen and oxygen atoms in total. The Labute approximate surface area is 174 Å². The van der Waals surface area contributed by atoms with Crippen LogP contribution >= 0.6 is 0 Å². The first-order valence-electron chi connectivity index (χ1n) is 10.5. The van der Waals surface area contributed by atoms with E-state index in [1.807, 2.05) is 0 Å². The second-order valence-corrected chi connectivity index (χ2v) is 7.81. The summed E-state index contributed by atoms with van der Waals surface area (Å²) >= 11 is 0. The van der Waals surface area contributed by atoms with Crippen LogP contribution < -0.4 is 5.32 Å². The van der Waals surface area contributed by atoms with E-state index in [0.29, 0.717) is 0 Å². The molecule has 0 bridgehead atoms. The van der Waals surface area contributed by atoms with E-state index < -0.39 is 0 Å². The minimum Gasteiger partial charge on any atom is -0.350 e. The molecule has 29 heavy (non-hydrogen) atoms. The molecule has 3 heteroatoms. The van der Waals surface area contributed by atoms with Gasteiger partial charge in [-0.15, -0.1) is 0 Å². The second kappa shape index (κ2) is 8.95. The van der Waals surface area contributed by atoms with Crippen LogP contribution in [0.15, 0.2) is 96.0 Å². The summed E-state index contributed by atoms with van der Waals surface area (Å²) in [5, 5.41) is 3.69. The average molecular weight is 384 g/mol. The van der Waals surface area contributed by atoms with E-state index in [4.69, 9.17) is 4.99 Å². The Hall–Kier alpha value is -3.07. The van der Waals surface area contributed by atoms with Gasteiger partial charge in [-0.3, -0.25) is 0 Å². The Kier molecular flexibility index (Phi) is 5.95. The molecule has 3 aromatic carbocycles. The van der Waals surface area contributed by atoms with Crippen LogP contribution in [0.4, 0.5) is 0 Å². The Morgan fingerprint density at radius 1 is 0.828 bits per heavy atom. The van der Waals surface area contributed by atoms with E-state index in [1.54, 1.807) is 0 Å². The lowest BCUT2D eigenvalue weighted by Gasteiger charge is -2.30. The van der Waals surface area contributed by atoms with Crippen molar-refractivity contribution in [2.45, 2.75) is 38.4 Å². The van der Waals surface area contributed by atoms with E-state index in [9.17, 15) is 0 Å². The van der Waals surface area contributed by atoms with Gasteiger partial charge in [0, 0.05) is 6.54 Å². The Morgan fingerprint density at radius 3 is 2.00 bits per heavy atom. The molecule has 0 amide bonds. The van der Waals surface area contributed by atoms with Crippen LogP contribution in [0.25, 0.3) is 0 Å². The van der Waals surface area contributed by atoms with Gasteiger partial charge in [0.05, 0.1) is 18.1 Å². The second-order valence-electron chi connectivity index (χ2n) is 7.81. The van der Waals surface area contributed by atoms with Crippen LogP contribution in [0.5, 0.6) is 0 Å². The molecule has 3 aromatic rings. The molecule has 0 saturated carbocycles. The molecular weight excluding hydrogens is 354 g/mol. The predicted octanol–water partition coefficient (Wildman–Crippen LogP) is 5.38. The standard InChI is InChI=1S/C26H29N3/c1-20(23-14-8-4-9-15-23)27-26-28-25(18-22-12-6-3-7-13-22)19-29(26)21(2)24-16-10-5-11-17-24/h3-17,20-21,25H,18-19H2,1-2H3,(H,27,28)/t20-,21-,25-/m0/s1. The molecule has 1 aliphatic heterocycles. The highest BCUT2D eigenvalue weighted by Gasteiger charge is 2.30. The molecule has 0 radical (unpaired) electrons. The molecule has 1 aliphatic rings. The number of guanidine groups is 1. The number of benzene rings is 3. The van der Waals surface area contributed by atoms with Gasteiger partial charge in [-0.05, 0) is 37.0 Å². The van der Waals surface area contributed by atoms with Crippen molar-refractivity contribution in [2.75, 3.05) is 6.54 Å². The Morgan fingerprint density at radius 2 is 1.38 bits per heavy atom. The zero-order valence-corrected chi connectivity index (χ0v) is 17.2. The molecule has 0 aliphatic carbocycles. The highest BCUT2D eigenvalue weighted by atomic mass is 15.4. The highest BCUT2D eigenvalue weighted by Crippen LogP contribution is 2.26. The largest absolute Gasteiger partial charge is 0.350 e. The third-order valence-corrected chi connectivity index (χ3v) is 5.69. The van der Waals surface area contributed by atoms with Gasteiger partial charge < -0.3 is 10.2 Å². The van der Waals surface area contributed by atoms with Gasteiger partial charge in [0.15, 0.2) is 5.96 Å². The molecule has 0 spiro atoms. The first kappa shape index (κ1) is 19.3. The third-order valence-electron chi connectivity index (χ3n) is 5.69. The van der Waals surface area contributed by atoms with Crippen molar-refractivity contribution < 1.29 is 0 Å². The maximum absolute atomic E-state index is 5.11. The van der Waals surface area contributed by atoms with Gasteiger partial charge in [0.25, 0.3) is 0 Å². The van der Waals surface area contributed by atoms with Crippen molar-refractivity contribution in [2.24, 2.45) is 4.99 Å². The van der Waals surface area contributed by atoms with Crippen LogP contribution in [0, 0.1) is 0 Å². The number of hydrogen-bond donors (Lipinski definition) is 1. The molecule has 148 valence electrons. The normalized spacial score (nSPS) is 18.2. The summed E-state index contributed by atoms with van der Waals surface area (Å²) < 4.78 is 0. The van der Waals surface area contributed by atoms with Gasteiger partial charge in [0.1, 0.15) is 0 Å². The molecular formula is C26H29N3. The molecule has 1 N–H and O–H groups in total. The molecule has 3 atom stereocenters. The summed E-state index contributed by atoms with van der Waals surface area (Å²) in [5.74, 6) is 0.999. The summed E-state index contributed by atoms with van der Waals surface area (Å²) in [5.41, 5.74) is 3.93.